The van der Waals surface area contributed by atoms with E-state index in [-0.39, 0.29) is 12.1 Å². The van der Waals surface area contributed by atoms with E-state index < -0.39 is 13.0 Å². The van der Waals surface area contributed by atoms with E-state index in [2.05, 4.69) is 0 Å². The van der Waals surface area contributed by atoms with Crippen LogP contribution >= 0.6 is 7.37 Å². The highest BCUT2D eigenvalue weighted by Crippen LogP contribution is 2.54. The van der Waals surface area contributed by atoms with Gasteiger partial charge in [0.15, 0.2) is 0 Å². The predicted molar refractivity (Wildman–Crippen MR) is 93.6 cm³/mol. The Kier molecular flexibility index (Phi) is 4.88. The molecular formula is C19H21O4P. The van der Waals surface area contributed by atoms with Crippen molar-refractivity contribution in [2.45, 2.75) is 25.4 Å². The van der Waals surface area contributed by atoms with Crippen molar-refractivity contribution in [3.8, 4) is 0 Å². The molecule has 5 heteroatoms. The fourth-order valence-electron chi connectivity index (χ4n) is 3.18. The molecule has 3 rings (SSSR count). The molecule has 0 saturated carbocycles. The van der Waals surface area contributed by atoms with Crippen LogP contribution in [0.4, 0.5) is 0 Å². The zero-order chi connectivity index (χ0) is 17.0. The van der Waals surface area contributed by atoms with E-state index in [1.807, 2.05) is 67.6 Å². The Hall–Kier alpha value is -1.90. The Balaban J connectivity index is 2.02. The van der Waals surface area contributed by atoms with Crippen LogP contribution in [0.5, 0.6) is 0 Å². The second-order valence-corrected chi connectivity index (χ2v) is 8.36. The molecule has 24 heavy (non-hydrogen) atoms. The smallest absolute Gasteiger partial charge is 0.306 e. The monoisotopic (exact) mass is 344 g/mol. The highest BCUT2D eigenvalue weighted by molar-refractivity contribution is 7.67. The van der Waals surface area contributed by atoms with Gasteiger partial charge in [0.1, 0.15) is 5.60 Å². The first-order chi connectivity index (χ1) is 11.6. The fraction of sp³-hybridized carbons (Fsp3) is 0.316. The third-order valence-corrected chi connectivity index (χ3v) is 6.98. The van der Waals surface area contributed by atoms with E-state index in [0.29, 0.717) is 24.8 Å². The van der Waals surface area contributed by atoms with Crippen LogP contribution in [0.3, 0.4) is 0 Å². The number of rotatable bonds is 6. The summed E-state index contributed by atoms with van der Waals surface area (Å²) in [5.41, 5.74) is -0.0227. The third-order valence-electron chi connectivity index (χ3n) is 4.29. The molecule has 2 aromatic rings. The molecule has 1 fully saturated rings. The van der Waals surface area contributed by atoms with Crippen molar-refractivity contribution in [1.29, 1.82) is 0 Å². The Labute approximate surface area is 142 Å². The minimum atomic E-state index is -3.16. The fourth-order valence-corrected chi connectivity index (χ4v) is 5.73. The lowest BCUT2D eigenvalue weighted by atomic mass is 9.93. The van der Waals surface area contributed by atoms with Gasteiger partial charge in [-0.15, -0.1) is 0 Å². The van der Waals surface area contributed by atoms with Crippen LogP contribution in [0.25, 0.3) is 0 Å². The molecular weight excluding hydrogens is 323 g/mol. The van der Waals surface area contributed by atoms with Crippen molar-refractivity contribution in [1.82, 2.24) is 0 Å². The molecule has 0 bridgehead atoms. The second-order valence-electron chi connectivity index (χ2n) is 5.92. The standard InChI is InChI=1S/C19H21O4P/c1-2-22-24(21,17-11-7-4-8-12-17)15-19(14-13-18(20)23-19)16-9-5-3-6-10-16/h3-12H,2,13-15H2,1H3. The van der Waals surface area contributed by atoms with Gasteiger partial charge in [-0.1, -0.05) is 48.5 Å². The lowest BCUT2D eigenvalue weighted by molar-refractivity contribution is -0.147. The Morgan fingerprint density at radius 1 is 1.08 bits per heavy atom. The SMILES string of the molecule is CCOP(=O)(CC1(c2ccccc2)CCC(=O)O1)c1ccccc1. The molecule has 1 aliphatic rings. The first kappa shape index (κ1) is 16.9. The lowest BCUT2D eigenvalue weighted by Crippen LogP contribution is -2.32. The molecule has 2 unspecified atom stereocenters. The quantitative estimate of drug-likeness (QED) is 0.590. The number of carbonyl (C=O) groups is 1. The summed E-state index contributed by atoms with van der Waals surface area (Å²) in [6.45, 7) is 2.16. The molecule has 0 amide bonds. The predicted octanol–water partition coefficient (Wildman–Crippen LogP) is 3.86. The van der Waals surface area contributed by atoms with Crippen LogP contribution in [0, 0.1) is 0 Å². The van der Waals surface area contributed by atoms with Gasteiger partial charge in [-0.2, -0.15) is 0 Å². The van der Waals surface area contributed by atoms with E-state index in [9.17, 15) is 9.36 Å². The number of hydrogen-bond acceptors (Lipinski definition) is 4. The Bertz CT molecular complexity index is 744. The first-order valence-electron chi connectivity index (χ1n) is 8.15. The maximum Gasteiger partial charge on any atom is 0.306 e. The topological polar surface area (TPSA) is 52.6 Å². The van der Waals surface area contributed by atoms with Gasteiger partial charge in [-0.25, -0.2) is 0 Å². The number of esters is 1. The number of hydrogen-bond donors (Lipinski definition) is 0. The number of cyclic esters (lactones) is 1. The molecule has 0 N–H and O–H groups in total. The van der Waals surface area contributed by atoms with Crippen LogP contribution in [0.2, 0.25) is 0 Å². The molecule has 1 heterocycles. The van der Waals surface area contributed by atoms with Crippen molar-refractivity contribution in [2.75, 3.05) is 12.8 Å². The normalized spacial score (nSPS) is 22.8. The zero-order valence-electron chi connectivity index (χ0n) is 13.7. The van der Waals surface area contributed by atoms with E-state index >= 15 is 0 Å². The minimum absolute atomic E-state index is 0.160. The summed E-state index contributed by atoms with van der Waals surface area (Å²) in [5.74, 6) is -0.255. The minimum Gasteiger partial charge on any atom is -0.454 e. The summed E-state index contributed by atoms with van der Waals surface area (Å²) in [6.07, 6.45) is 1.00. The van der Waals surface area contributed by atoms with E-state index in [1.165, 1.54) is 0 Å². The molecule has 0 aliphatic carbocycles. The van der Waals surface area contributed by atoms with Gasteiger partial charge in [0.05, 0.1) is 12.8 Å². The molecule has 0 spiro atoms. The zero-order valence-corrected chi connectivity index (χ0v) is 14.6. The van der Waals surface area contributed by atoms with Crippen LogP contribution in [-0.4, -0.2) is 18.7 Å². The molecule has 2 aromatic carbocycles. The highest BCUT2D eigenvalue weighted by atomic mass is 31.2. The second kappa shape index (κ2) is 6.92. The number of benzene rings is 2. The summed E-state index contributed by atoms with van der Waals surface area (Å²) in [4.78, 5) is 11.9. The molecule has 2 atom stereocenters. The summed E-state index contributed by atoms with van der Waals surface area (Å²) >= 11 is 0. The molecule has 0 radical (unpaired) electrons. The average Bonchev–Trinajstić information content (AvgIpc) is 2.98. The Morgan fingerprint density at radius 3 is 2.25 bits per heavy atom. The van der Waals surface area contributed by atoms with Crippen molar-refractivity contribution in [2.24, 2.45) is 0 Å². The van der Waals surface area contributed by atoms with E-state index in [0.717, 1.165) is 5.56 Å². The summed E-state index contributed by atoms with van der Waals surface area (Å²) in [7, 11) is -3.16. The number of carbonyl (C=O) groups excluding carboxylic acids is 1. The van der Waals surface area contributed by atoms with Gasteiger partial charge in [-0.3, -0.25) is 9.36 Å². The van der Waals surface area contributed by atoms with Crippen molar-refractivity contribution >= 4 is 18.6 Å². The van der Waals surface area contributed by atoms with E-state index in [1.54, 1.807) is 0 Å². The highest BCUT2D eigenvalue weighted by Gasteiger charge is 2.48. The van der Waals surface area contributed by atoms with Crippen molar-refractivity contribution in [3.05, 3.63) is 66.2 Å². The van der Waals surface area contributed by atoms with Gasteiger partial charge in [-0.05, 0) is 24.6 Å². The summed E-state index contributed by atoms with van der Waals surface area (Å²) < 4.78 is 25.1. The van der Waals surface area contributed by atoms with Gasteiger partial charge in [0, 0.05) is 18.1 Å². The van der Waals surface area contributed by atoms with E-state index in [4.69, 9.17) is 9.26 Å². The Morgan fingerprint density at radius 2 is 1.71 bits per heavy atom. The van der Waals surface area contributed by atoms with Gasteiger partial charge in [0.25, 0.3) is 0 Å². The molecule has 4 nitrogen and oxygen atoms in total. The first-order valence-corrected chi connectivity index (χ1v) is 9.96. The van der Waals surface area contributed by atoms with Crippen LogP contribution in [-0.2, 0) is 24.2 Å². The summed E-state index contributed by atoms with van der Waals surface area (Å²) in [5, 5.41) is 0.658. The molecule has 126 valence electrons. The third kappa shape index (κ3) is 3.31. The molecule has 0 aromatic heterocycles. The van der Waals surface area contributed by atoms with Crippen LogP contribution < -0.4 is 5.30 Å². The lowest BCUT2D eigenvalue weighted by Gasteiger charge is -2.32. The van der Waals surface area contributed by atoms with Crippen molar-refractivity contribution in [3.63, 3.8) is 0 Å². The number of ether oxygens (including phenoxy) is 1. The van der Waals surface area contributed by atoms with Gasteiger partial charge in [0.2, 0.25) is 7.37 Å². The molecule has 1 aliphatic heterocycles. The van der Waals surface area contributed by atoms with Gasteiger partial charge < -0.3 is 9.26 Å². The van der Waals surface area contributed by atoms with Crippen LogP contribution in [0.15, 0.2) is 60.7 Å². The maximum absolute atomic E-state index is 13.6. The average molecular weight is 344 g/mol. The molecule has 1 saturated heterocycles. The summed E-state index contributed by atoms with van der Waals surface area (Å²) in [6, 6.07) is 18.7. The van der Waals surface area contributed by atoms with Crippen LogP contribution in [0.1, 0.15) is 25.3 Å². The largest absolute Gasteiger partial charge is 0.454 e. The maximum atomic E-state index is 13.6. The van der Waals surface area contributed by atoms with Gasteiger partial charge >= 0.3 is 5.97 Å². The van der Waals surface area contributed by atoms with Crippen molar-refractivity contribution < 1.29 is 18.6 Å².